The highest BCUT2D eigenvalue weighted by Crippen LogP contribution is 2.44. The van der Waals surface area contributed by atoms with Gasteiger partial charge in [-0.05, 0) is 57.2 Å². The number of carbonyl (C=O) groups excluding carboxylic acids is 1. The van der Waals surface area contributed by atoms with Crippen LogP contribution in [0, 0.1) is 5.82 Å². The Balaban J connectivity index is 1.67. The van der Waals surface area contributed by atoms with Crippen LogP contribution in [0.25, 0.3) is 11.1 Å². The second kappa shape index (κ2) is 7.76. The maximum Gasteiger partial charge on any atom is 0.328 e. The third-order valence-electron chi connectivity index (χ3n) is 5.39. The molecule has 2 aliphatic rings. The molecule has 166 valence electrons. The number of carbonyl (C=O) groups is 2. The fourth-order valence-electron chi connectivity index (χ4n) is 3.79. The van der Waals surface area contributed by atoms with Crippen LogP contribution in [0.15, 0.2) is 48.4 Å². The average Bonchev–Trinajstić information content (AvgIpc) is 3.20. The van der Waals surface area contributed by atoms with Gasteiger partial charge in [-0.2, -0.15) is 0 Å². The van der Waals surface area contributed by atoms with Gasteiger partial charge in [-0.1, -0.05) is 0 Å². The molecule has 1 amide bonds. The van der Waals surface area contributed by atoms with Gasteiger partial charge in [0.25, 0.3) is 5.91 Å². The first kappa shape index (κ1) is 21.5. The summed E-state index contributed by atoms with van der Waals surface area (Å²) in [6.07, 6.45) is 2.21. The number of aromatic nitrogens is 1. The molecule has 0 unspecified atom stereocenters. The molecule has 3 heterocycles. The van der Waals surface area contributed by atoms with Gasteiger partial charge >= 0.3 is 5.97 Å². The van der Waals surface area contributed by atoms with Gasteiger partial charge in [0.2, 0.25) is 0 Å². The zero-order valence-corrected chi connectivity index (χ0v) is 17.6. The number of benzene rings is 1. The zero-order chi connectivity index (χ0) is 23.2. The van der Waals surface area contributed by atoms with Gasteiger partial charge < -0.3 is 25.6 Å². The largest absolute Gasteiger partial charge is 0.482 e. The summed E-state index contributed by atoms with van der Waals surface area (Å²) >= 11 is 0. The molecule has 9 heteroatoms. The number of aliphatic hydroxyl groups is 1. The smallest absolute Gasteiger partial charge is 0.328 e. The highest BCUT2D eigenvalue weighted by atomic mass is 19.1. The van der Waals surface area contributed by atoms with Crippen molar-refractivity contribution in [3.05, 3.63) is 65.3 Å². The number of rotatable bonds is 5. The minimum absolute atomic E-state index is 0.295. The second-order valence-corrected chi connectivity index (χ2v) is 8.19. The number of hydrogen-bond acceptors (Lipinski definition) is 6. The highest BCUT2D eigenvalue weighted by molar-refractivity contribution is 6.32. The number of halogens is 1. The van der Waals surface area contributed by atoms with Crippen molar-refractivity contribution >= 4 is 34.5 Å². The van der Waals surface area contributed by atoms with Crippen LogP contribution in [-0.4, -0.2) is 44.8 Å². The third kappa shape index (κ3) is 3.82. The van der Waals surface area contributed by atoms with Crippen LogP contribution in [0.1, 0.15) is 31.9 Å². The monoisotopic (exact) mass is 439 g/mol. The van der Waals surface area contributed by atoms with Crippen LogP contribution in [0.4, 0.5) is 15.9 Å². The Bertz CT molecular complexity index is 1170. The summed E-state index contributed by atoms with van der Waals surface area (Å²) < 4.78 is 19.6. The summed E-state index contributed by atoms with van der Waals surface area (Å²) in [6, 6.07) is 6.25. The van der Waals surface area contributed by atoms with Gasteiger partial charge in [-0.25, -0.2) is 14.2 Å². The zero-order valence-electron chi connectivity index (χ0n) is 17.6. The van der Waals surface area contributed by atoms with E-state index in [0.717, 1.165) is 11.1 Å². The Hall–Kier alpha value is -3.72. The number of nitrogens with one attached hydrogen (secondary N) is 2. The van der Waals surface area contributed by atoms with Crippen LogP contribution in [0.2, 0.25) is 0 Å². The SMILES string of the molecule is C[C@@H](O)[C@H](Nc1ccc(C2=C/C(=C3\C(=O)Nc4cc(F)ccc43)OC2(C)C)cn1)C(=O)O. The maximum atomic E-state index is 13.5. The van der Waals surface area contributed by atoms with E-state index in [-0.39, 0.29) is 5.91 Å². The van der Waals surface area contributed by atoms with E-state index in [4.69, 9.17) is 4.74 Å². The molecule has 0 spiro atoms. The topological polar surface area (TPSA) is 121 Å². The van der Waals surface area contributed by atoms with Gasteiger partial charge in [0.15, 0.2) is 6.04 Å². The van der Waals surface area contributed by atoms with Crippen LogP contribution < -0.4 is 10.6 Å². The molecule has 8 nitrogen and oxygen atoms in total. The Labute approximate surface area is 183 Å². The van der Waals surface area contributed by atoms with Gasteiger partial charge in [0.1, 0.15) is 23.0 Å². The van der Waals surface area contributed by atoms with E-state index in [0.29, 0.717) is 28.4 Å². The first-order valence-electron chi connectivity index (χ1n) is 9.97. The van der Waals surface area contributed by atoms with Crippen molar-refractivity contribution < 1.29 is 28.9 Å². The number of anilines is 2. The lowest BCUT2D eigenvalue weighted by Gasteiger charge is -2.23. The molecule has 0 fully saturated rings. The Kier molecular flexibility index (Phi) is 5.21. The van der Waals surface area contributed by atoms with Crippen molar-refractivity contribution in [3.8, 4) is 0 Å². The lowest BCUT2D eigenvalue weighted by Crippen LogP contribution is -2.39. The number of allylic oxidation sites excluding steroid dienone is 1. The van der Waals surface area contributed by atoms with Crippen molar-refractivity contribution in [1.82, 2.24) is 4.98 Å². The fraction of sp³-hybridized carbons (Fsp3) is 0.261. The summed E-state index contributed by atoms with van der Waals surface area (Å²) in [5, 5.41) is 24.2. The molecule has 0 bridgehead atoms. The third-order valence-corrected chi connectivity index (χ3v) is 5.39. The Morgan fingerprint density at radius 1 is 1.28 bits per heavy atom. The Morgan fingerprint density at radius 2 is 2.03 bits per heavy atom. The van der Waals surface area contributed by atoms with Crippen molar-refractivity contribution in [3.63, 3.8) is 0 Å². The van der Waals surface area contributed by atoms with Crippen molar-refractivity contribution in [2.24, 2.45) is 0 Å². The van der Waals surface area contributed by atoms with E-state index in [9.17, 15) is 24.2 Å². The van der Waals surface area contributed by atoms with E-state index in [2.05, 4.69) is 15.6 Å². The summed E-state index contributed by atoms with van der Waals surface area (Å²) in [6.45, 7) is 5.08. The molecule has 0 saturated heterocycles. The van der Waals surface area contributed by atoms with Crippen LogP contribution >= 0.6 is 0 Å². The normalized spacial score (nSPS) is 20.7. The van der Waals surface area contributed by atoms with Gasteiger partial charge in [0.05, 0.1) is 17.4 Å². The second-order valence-electron chi connectivity index (χ2n) is 8.19. The lowest BCUT2D eigenvalue weighted by molar-refractivity contribution is -0.140. The molecule has 2 aliphatic heterocycles. The molecule has 0 aliphatic carbocycles. The molecule has 1 aromatic heterocycles. The maximum absolute atomic E-state index is 13.5. The molecule has 0 saturated carbocycles. The van der Waals surface area contributed by atoms with Crippen molar-refractivity contribution in [1.29, 1.82) is 0 Å². The molecule has 0 radical (unpaired) electrons. The van der Waals surface area contributed by atoms with Gasteiger partial charge in [-0.15, -0.1) is 0 Å². The number of carboxylic acid groups (broad SMARTS) is 1. The molecule has 2 aromatic rings. The Morgan fingerprint density at radius 3 is 2.66 bits per heavy atom. The van der Waals surface area contributed by atoms with E-state index < -0.39 is 29.5 Å². The van der Waals surface area contributed by atoms with Gasteiger partial charge in [-0.3, -0.25) is 4.79 Å². The first-order valence-corrected chi connectivity index (χ1v) is 9.97. The molecule has 2 atom stereocenters. The van der Waals surface area contributed by atoms with Crippen LogP contribution in [0.5, 0.6) is 0 Å². The number of aliphatic hydroxyl groups excluding tert-OH is 1. The first-order chi connectivity index (χ1) is 15.1. The van der Waals surface area contributed by atoms with Gasteiger partial charge in [0, 0.05) is 22.9 Å². The number of carboxylic acids is 1. The number of aliphatic carboxylic acids is 1. The molecule has 32 heavy (non-hydrogen) atoms. The lowest BCUT2D eigenvalue weighted by atomic mass is 9.93. The minimum atomic E-state index is -1.19. The predicted octanol–water partition coefficient (Wildman–Crippen LogP) is 3.02. The average molecular weight is 439 g/mol. The quantitative estimate of drug-likeness (QED) is 0.529. The highest BCUT2D eigenvalue weighted by Gasteiger charge is 2.38. The summed E-state index contributed by atoms with van der Waals surface area (Å²) in [5.41, 5.74) is 2.01. The van der Waals surface area contributed by atoms with Crippen molar-refractivity contribution in [2.45, 2.75) is 38.5 Å². The summed E-state index contributed by atoms with van der Waals surface area (Å²) in [5.74, 6) is -1.34. The number of pyridine rings is 1. The molecular formula is C23H22FN3O5. The van der Waals surface area contributed by atoms with Crippen LogP contribution in [0.3, 0.4) is 0 Å². The van der Waals surface area contributed by atoms with E-state index >= 15 is 0 Å². The molecular weight excluding hydrogens is 417 g/mol. The molecule has 4 rings (SSSR count). The van der Waals surface area contributed by atoms with E-state index in [1.807, 2.05) is 13.8 Å². The standard InChI is InChI=1S/C23H22FN3O5/c1-11(28)20(22(30)31)27-18-7-4-12(10-25-18)15-9-17(32-23(15,2)3)19-14-6-5-13(24)8-16(14)26-21(19)29/h4-11,20,28H,1-3H3,(H,25,27)(H,26,29)(H,30,31)/b19-17+/t11-,20+/m1/s1. The summed E-state index contributed by atoms with van der Waals surface area (Å²) in [4.78, 5) is 28.1. The van der Waals surface area contributed by atoms with E-state index in [1.165, 1.54) is 25.1 Å². The molecule has 4 N–H and O–H groups in total. The van der Waals surface area contributed by atoms with E-state index in [1.54, 1.807) is 24.4 Å². The number of fused-ring (bicyclic) bond motifs is 1. The number of nitrogens with zero attached hydrogens (tertiary/aromatic N) is 1. The minimum Gasteiger partial charge on any atom is -0.482 e. The molecule has 1 aromatic carbocycles. The number of hydrogen-bond donors (Lipinski definition) is 4. The number of ether oxygens (including phenoxy) is 1. The fourth-order valence-corrected chi connectivity index (χ4v) is 3.79. The number of amides is 1. The van der Waals surface area contributed by atoms with Crippen molar-refractivity contribution in [2.75, 3.05) is 10.6 Å². The van der Waals surface area contributed by atoms with Crippen LogP contribution in [-0.2, 0) is 14.3 Å². The summed E-state index contributed by atoms with van der Waals surface area (Å²) in [7, 11) is 0. The predicted molar refractivity (Wildman–Crippen MR) is 116 cm³/mol.